The van der Waals surface area contributed by atoms with Crippen LogP contribution in [0.3, 0.4) is 0 Å². The molecule has 2 aliphatic carbocycles. The summed E-state index contributed by atoms with van der Waals surface area (Å²) in [6, 6.07) is 7.25. The van der Waals surface area contributed by atoms with Crippen LogP contribution in [0.1, 0.15) is 75.7 Å². The molecule has 2 saturated carbocycles. The Morgan fingerprint density at radius 2 is 1.65 bits per heavy atom. The van der Waals surface area contributed by atoms with E-state index in [1.54, 1.807) is 18.2 Å². The average molecular weight is 376 g/mol. The van der Waals surface area contributed by atoms with Gasteiger partial charge in [0.2, 0.25) is 5.91 Å². The van der Waals surface area contributed by atoms with Gasteiger partial charge in [0.1, 0.15) is 0 Å². The number of rotatable bonds is 2. The zero-order valence-corrected chi connectivity index (χ0v) is 16.2. The van der Waals surface area contributed by atoms with Gasteiger partial charge in [0.05, 0.1) is 16.6 Å². The Hall–Kier alpha value is -1.36. The number of sulfone groups is 1. The van der Waals surface area contributed by atoms with Crippen molar-refractivity contribution in [2.75, 3.05) is 5.75 Å². The van der Waals surface area contributed by atoms with Gasteiger partial charge in [0.15, 0.2) is 9.84 Å². The molecule has 0 saturated heterocycles. The number of benzene rings is 1. The minimum absolute atomic E-state index is 0.0111. The summed E-state index contributed by atoms with van der Waals surface area (Å²) in [7, 11) is -3.24. The molecule has 1 spiro atoms. The lowest BCUT2D eigenvalue weighted by atomic mass is 9.64. The van der Waals surface area contributed by atoms with E-state index < -0.39 is 9.84 Å². The van der Waals surface area contributed by atoms with Gasteiger partial charge in [0.25, 0.3) is 0 Å². The predicted octanol–water partition coefficient (Wildman–Crippen LogP) is 3.96. The third-order valence-electron chi connectivity index (χ3n) is 6.93. The van der Waals surface area contributed by atoms with Gasteiger partial charge in [-0.2, -0.15) is 0 Å². The summed E-state index contributed by atoms with van der Waals surface area (Å²) in [6.07, 6.45) is 11.8. The van der Waals surface area contributed by atoms with Gasteiger partial charge in [0, 0.05) is 6.04 Å². The Balaban J connectivity index is 1.42. The molecule has 0 aromatic heterocycles. The Kier molecular flexibility index (Phi) is 4.84. The number of hydrogen-bond donors (Lipinski definition) is 1. The topological polar surface area (TPSA) is 63.2 Å². The van der Waals surface area contributed by atoms with E-state index >= 15 is 0 Å². The van der Waals surface area contributed by atoms with Gasteiger partial charge in [-0.25, -0.2) is 8.42 Å². The van der Waals surface area contributed by atoms with Crippen molar-refractivity contribution in [2.45, 2.75) is 81.1 Å². The quantitative estimate of drug-likeness (QED) is 0.851. The number of nitrogens with one attached hydrogen (secondary N) is 1. The second-order valence-corrected chi connectivity index (χ2v) is 10.6. The van der Waals surface area contributed by atoms with Crippen LogP contribution in [0.2, 0.25) is 0 Å². The highest BCUT2D eigenvalue weighted by Crippen LogP contribution is 2.47. The third-order valence-corrected chi connectivity index (χ3v) is 8.74. The molecule has 2 fully saturated rings. The molecule has 1 amide bonds. The average Bonchev–Trinajstić information content (AvgIpc) is 2.65. The third kappa shape index (κ3) is 3.42. The lowest BCUT2D eigenvalue weighted by molar-refractivity contribution is -0.123. The molecule has 5 heteroatoms. The van der Waals surface area contributed by atoms with Crippen LogP contribution < -0.4 is 5.32 Å². The molecule has 1 aromatic rings. The molecular weight excluding hydrogens is 346 g/mol. The van der Waals surface area contributed by atoms with Crippen LogP contribution in [-0.4, -0.2) is 26.1 Å². The summed E-state index contributed by atoms with van der Waals surface area (Å²) in [5, 5.41) is 3.25. The Morgan fingerprint density at radius 3 is 2.38 bits per heavy atom. The maximum absolute atomic E-state index is 12.9. The van der Waals surface area contributed by atoms with Gasteiger partial charge in [-0.3, -0.25) is 4.79 Å². The molecule has 142 valence electrons. The van der Waals surface area contributed by atoms with E-state index in [9.17, 15) is 13.2 Å². The first-order chi connectivity index (χ1) is 12.5. The minimum Gasteiger partial charge on any atom is -0.353 e. The van der Waals surface area contributed by atoms with E-state index in [1.165, 1.54) is 44.9 Å². The molecule has 4 nitrogen and oxygen atoms in total. The van der Waals surface area contributed by atoms with Gasteiger partial charge in [-0.15, -0.1) is 0 Å². The number of carbonyl (C=O) groups excluding carboxylic acids is 1. The van der Waals surface area contributed by atoms with Crippen molar-refractivity contribution in [1.29, 1.82) is 0 Å². The second-order valence-electron chi connectivity index (χ2n) is 8.54. The highest BCUT2D eigenvalue weighted by atomic mass is 32.2. The molecule has 1 N–H and O–H groups in total. The maximum atomic E-state index is 12.9. The van der Waals surface area contributed by atoms with Crippen molar-refractivity contribution >= 4 is 15.7 Å². The first-order valence-electron chi connectivity index (χ1n) is 10.1. The van der Waals surface area contributed by atoms with E-state index in [4.69, 9.17) is 0 Å². The monoisotopic (exact) mass is 375 g/mol. The Bertz CT molecular complexity index is 770. The highest BCUT2D eigenvalue weighted by molar-refractivity contribution is 7.91. The second kappa shape index (κ2) is 6.99. The number of carbonyl (C=O) groups is 1. The lowest BCUT2D eigenvalue weighted by Crippen LogP contribution is -2.44. The normalized spacial score (nSPS) is 27.6. The molecule has 0 radical (unpaired) electrons. The lowest BCUT2D eigenvalue weighted by Gasteiger charge is -2.43. The molecular formula is C21H29NO3S. The molecule has 3 aliphatic rings. The molecule has 1 aliphatic heterocycles. The van der Waals surface area contributed by atoms with Crippen molar-refractivity contribution in [3.8, 4) is 0 Å². The summed E-state index contributed by atoms with van der Waals surface area (Å²) >= 11 is 0. The predicted molar refractivity (Wildman–Crippen MR) is 102 cm³/mol. The van der Waals surface area contributed by atoms with Crippen LogP contribution in [0, 0.1) is 5.41 Å². The summed E-state index contributed by atoms with van der Waals surface area (Å²) in [5.74, 6) is -0.257. The van der Waals surface area contributed by atoms with Crippen LogP contribution in [-0.2, 0) is 14.6 Å². The van der Waals surface area contributed by atoms with E-state index in [2.05, 4.69) is 5.32 Å². The smallest absolute Gasteiger partial charge is 0.227 e. The molecule has 0 bridgehead atoms. The number of amides is 1. The maximum Gasteiger partial charge on any atom is 0.227 e. The van der Waals surface area contributed by atoms with Crippen molar-refractivity contribution in [3.05, 3.63) is 29.8 Å². The van der Waals surface area contributed by atoms with Crippen LogP contribution in [0.15, 0.2) is 29.2 Å². The summed E-state index contributed by atoms with van der Waals surface area (Å²) < 4.78 is 24.5. The summed E-state index contributed by atoms with van der Waals surface area (Å²) in [6.45, 7) is 0. The van der Waals surface area contributed by atoms with Gasteiger partial charge in [-0.1, -0.05) is 37.5 Å². The zero-order chi connectivity index (χ0) is 18.2. The molecule has 1 aromatic carbocycles. The van der Waals surface area contributed by atoms with E-state index in [0.717, 1.165) is 12.8 Å². The zero-order valence-electron chi connectivity index (χ0n) is 15.4. The van der Waals surface area contributed by atoms with Gasteiger partial charge in [-0.05, 0) is 62.0 Å². The first-order valence-corrected chi connectivity index (χ1v) is 11.8. The number of fused-ring (bicyclic) bond motifs is 1. The number of hydrogen-bond acceptors (Lipinski definition) is 3. The van der Waals surface area contributed by atoms with Crippen molar-refractivity contribution in [1.82, 2.24) is 5.32 Å². The Labute approximate surface area is 156 Å². The van der Waals surface area contributed by atoms with Crippen LogP contribution in [0.4, 0.5) is 0 Å². The molecule has 1 heterocycles. The van der Waals surface area contributed by atoms with Crippen LogP contribution in [0.5, 0.6) is 0 Å². The van der Waals surface area contributed by atoms with E-state index in [1.807, 2.05) is 6.07 Å². The fourth-order valence-corrected chi connectivity index (χ4v) is 6.96. The minimum atomic E-state index is -3.24. The molecule has 26 heavy (non-hydrogen) atoms. The van der Waals surface area contributed by atoms with Crippen molar-refractivity contribution in [2.24, 2.45) is 5.41 Å². The molecule has 1 unspecified atom stereocenters. The van der Waals surface area contributed by atoms with Crippen molar-refractivity contribution in [3.63, 3.8) is 0 Å². The fraction of sp³-hybridized carbons (Fsp3) is 0.667. The van der Waals surface area contributed by atoms with Gasteiger partial charge < -0.3 is 5.32 Å². The van der Waals surface area contributed by atoms with Crippen molar-refractivity contribution < 1.29 is 13.2 Å². The van der Waals surface area contributed by atoms with Crippen LogP contribution in [0.25, 0.3) is 0 Å². The summed E-state index contributed by atoms with van der Waals surface area (Å²) in [5.41, 5.74) is 1.22. The van der Waals surface area contributed by atoms with Gasteiger partial charge >= 0.3 is 0 Å². The summed E-state index contributed by atoms with van der Waals surface area (Å²) in [4.78, 5) is 13.2. The highest BCUT2D eigenvalue weighted by Gasteiger charge is 2.38. The van der Waals surface area contributed by atoms with E-state index in [-0.39, 0.29) is 23.6 Å². The van der Waals surface area contributed by atoms with E-state index in [0.29, 0.717) is 22.3 Å². The Morgan fingerprint density at radius 1 is 0.962 bits per heavy atom. The van der Waals surface area contributed by atoms with Crippen LogP contribution >= 0.6 is 0 Å². The standard InChI is InChI=1S/C21H29NO3S/c23-20(18-10-15-26(24,25)19-7-3-2-6-17(18)19)22-16-8-13-21(14-9-16)11-4-1-5-12-21/h2-3,6-7,16,18H,1,4-5,8-15H2,(H,22,23). The first kappa shape index (κ1) is 18.0. The fourth-order valence-electron chi connectivity index (χ4n) is 5.34. The SMILES string of the molecule is O=C(NC1CCC2(CCCCC2)CC1)C1CCS(=O)(=O)c2ccccc21. The molecule has 4 rings (SSSR count). The largest absolute Gasteiger partial charge is 0.353 e. The molecule has 1 atom stereocenters.